The number of nitrogens with one attached hydrogen (secondary N) is 1. The zero-order chi connectivity index (χ0) is 8.10. The molecule has 1 aliphatic rings. The largest absolute Gasteiger partial charge is 0.328 e. The van der Waals surface area contributed by atoms with Crippen LogP contribution in [0.4, 0.5) is 0 Å². The Hall–Kier alpha value is -0.520. The van der Waals surface area contributed by atoms with Crippen molar-refractivity contribution in [2.75, 3.05) is 6.54 Å². The van der Waals surface area contributed by atoms with E-state index < -0.39 is 0 Å². The van der Waals surface area contributed by atoms with E-state index in [9.17, 15) is 0 Å². The van der Waals surface area contributed by atoms with Crippen LogP contribution in [-0.4, -0.2) is 18.6 Å². The molecule has 0 aliphatic heterocycles. The van der Waals surface area contributed by atoms with E-state index in [1.54, 1.807) is 0 Å². The van der Waals surface area contributed by atoms with Crippen molar-refractivity contribution in [1.82, 2.24) is 5.32 Å². The van der Waals surface area contributed by atoms with Crippen molar-refractivity contribution in [1.29, 1.82) is 0 Å². The molecule has 0 aromatic rings. The maximum Gasteiger partial charge on any atom is 0.0214 e. The highest BCUT2D eigenvalue weighted by atomic mass is 14.9. The van der Waals surface area contributed by atoms with Crippen LogP contribution in [0, 0.1) is 11.8 Å². The van der Waals surface area contributed by atoms with Crippen LogP contribution < -0.4 is 11.1 Å². The third-order valence-corrected chi connectivity index (χ3v) is 2.03. The van der Waals surface area contributed by atoms with Gasteiger partial charge in [0.2, 0.25) is 0 Å². The molecule has 1 saturated carbocycles. The summed E-state index contributed by atoms with van der Waals surface area (Å²) in [6.45, 7) is 2.89. The van der Waals surface area contributed by atoms with Gasteiger partial charge in [0.25, 0.3) is 0 Å². The highest BCUT2D eigenvalue weighted by molar-refractivity contribution is 4.96. The SMILES string of the molecule is CC#CCCNC1CC(N)C1. The maximum absolute atomic E-state index is 5.63. The summed E-state index contributed by atoms with van der Waals surface area (Å²) >= 11 is 0. The maximum atomic E-state index is 5.63. The summed E-state index contributed by atoms with van der Waals surface area (Å²) in [5, 5.41) is 3.40. The number of hydrogen-bond acceptors (Lipinski definition) is 2. The highest BCUT2D eigenvalue weighted by Gasteiger charge is 2.24. The lowest BCUT2D eigenvalue weighted by Crippen LogP contribution is -2.48. The number of hydrogen-bond donors (Lipinski definition) is 2. The summed E-state index contributed by atoms with van der Waals surface area (Å²) in [5.41, 5.74) is 5.63. The van der Waals surface area contributed by atoms with Gasteiger partial charge in [-0.25, -0.2) is 0 Å². The van der Waals surface area contributed by atoms with E-state index in [4.69, 9.17) is 5.73 Å². The van der Waals surface area contributed by atoms with Crippen LogP contribution >= 0.6 is 0 Å². The summed E-state index contributed by atoms with van der Waals surface area (Å²) in [4.78, 5) is 0. The molecule has 0 aromatic carbocycles. The molecule has 1 rings (SSSR count). The second-order valence-corrected chi connectivity index (χ2v) is 3.06. The fourth-order valence-electron chi connectivity index (χ4n) is 1.29. The molecule has 0 radical (unpaired) electrons. The standard InChI is InChI=1S/C9H16N2/c1-2-3-4-5-11-9-6-8(10)7-9/h8-9,11H,4-7,10H2,1H3. The molecule has 0 saturated heterocycles. The predicted molar refractivity (Wildman–Crippen MR) is 47.1 cm³/mol. The molecule has 0 heterocycles. The second kappa shape index (κ2) is 4.38. The Balaban J connectivity index is 1.91. The van der Waals surface area contributed by atoms with Gasteiger partial charge in [-0.15, -0.1) is 11.8 Å². The van der Waals surface area contributed by atoms with Crippen LogP contribution in [0.25, 0.3) is 0 Å². The first-order valence-electron chi connectivity index (χ1n) is 4.21. The summed E-state index contributed by atoms with van der Waals surface area (Å²) in [5.74, 6) is 5.89. The van der Waals surface area contributed by atoms with Crippen molar-refractivity contribution >= 4 is 0 Å². The molecule has 0 aromatic heterocycles. The van der Waals surface area contributed by atoms with Gasteiger partial charge >= 0.3 is 0 Å². The van der Waals surface area contributed by atoms with Crippen LogP contribution in [0.2, 0.25) is 0 Å². The molecule has 0 atom stereocenters. The zero-order valence-electron chi connectivity index (χ0n) is 7.06. The second-order valence-electron chi connectivity index (χ2n) is 3.06. The van der Waals surface area contributed by atoms with Crippen molar-refractivity contribution in [2.45, 2.75) is 38.3 Å². The molecule has 3 N–H and O–H groups in total. The summed E-state index contributed by atoms with van der Waals surface area (Å²) in [7, 11) is 0. The summed E-state index contributed by atoms with van der Waals surface area (Å²) < 4.78 is 0. The Labute approximate surface area is 68.5 Å². The van der Waals surface area contributed by atoms with Gasteiger partial charge in [-0.1, -0.05) is 0 Å². The molecule has 0 amide bonds. The van der Waals surface area contributed by atoms with Gasteiger partial charge in [-0.3, -0.25) is 0 Å². The quantitative estimate of drug-likeness (QED) is 0.456. The Kier molecular flexibility index (Phi) is 3.41. The normalized spacial score (nSPS) is 28.5. The van der Waals surface area contributed by atoms with Gasteiger partial charge < -0.3 is 11.1 Å². The topological polar surface area (TPSA) is 38.0 Å². The third-order valence-electron chi connectivity index (χ3n) is 2.03. The van der Waals surface area contributed by atoms with Gasteiger partial charge in [0.05, 0.1) is 0 Å². The first kappa shape index (κ1) is 8.58. The fraction of sp³-hybridized carbons (Fsp3) is 0.778. The molecular weight excluding hydrogens is 136 g/mol. The molecule has 2 nitrogen and oxygen atoms in total. The molecular formula is C9H16N2. The van der Waals surface area contributed by atoms with Crippen LogP contribution in [-0.2, 0) is 0 Å². The van der Waals surface area contributed by atoms with Crippen molar-refractivity contribution in [3.05, 3.63) is 0 Å². The van der Waals surface area contributed by atoms with E-state index in [0.717, 1.165) is 25.8 Å². The smallest absolute Gasteiger partial charge is 0.0214 e. The molecule has 1 fully saturated rings. The van der Waals surface area contributed by atoms with E-state index in [-0.39, 0.29) is 0 Å². The minimum atomic E-state index is 0.449. The Morgan fingerprint density at radius 3 is 2.82 bits per heavy atom. The van der Waals surface area contributed by atoms with Crippen LogP contribution in [0.1, 0.15) is 26.2 Å². The summed E-state index contributed by atoms with van der Waals surface area (Å²) in [6.07, 6.45) is 3.24. The average Bonchev–Trinajstić information content (AvgIpc) is 1.94. The Bertz CT molecular complexity index is 160. The van der Waals surface area contributed by atoms with Gasteiger partial charge in [-0.05, 0) is 19.8 Å². The summed E-state index contributed by atoms with van der Waals surface area (Å²) in [6, 6.07) is 1.12. The number of nitrogens with two attached hydrogens (primary N) is 1. The molecule has 0 spiro atoms. The van der Waals surface area contributed by atoms with Crippen LogP contribution in [0.15, 0.2) is 0 Å². The average molecular weight is 152 g/mol. The zero-order valence-corrected chi connectivity index (χ0v) is 7.06. The fourth-order valence-corrected chi connectivity index (χ4v) is 1.29. The lowest BCUT2D eigenvalue weighted by molar-refractivity contribution is 0.295. The first-order chi connectivity index (χ1) is 5.33. The van der Waals surface area contributed by atoms with Crippen molar-refractivity contribution in [3.8, 4) is 11.8 Å². The molecule has 62 valence electrons. The van der Waals surface area contributed by atoms with E-state index >= 15 is 0 Å². The van der Waals surface area contributed by atoms with Crippen molar-refractivity contribution < 1.29 is 0 Å². The number of rotatable bonds is 3. The van der Waals surface area contributed by atoms with Crippen LogP contribution in [0.3, 0.4) is 0 Å². The van der Waals surface area contributed by atoms with Crippen molar-refractivity contribution in [2.24, 2.45) is 5.73 Å². The van der Waals surface area contributed by atoms with E-state index in [2.05, 4.69) is 17.2 Å². The predicted octanol–water partition coefficient (Wildman–Crippen LogP) is 0.479. The monoisotopic (exact) mass is 152 g/mol. The van der Waals surface area contributed by atoms with Gasteiger partial charge in [0.15, 0.2) is 0 Å². The van der Waals surface area contributed by atoms with E-state index in [0.29, 0.717) is 12.1 Å². The van der Waals surface area contributed by atoms with Crippen molar-refractivity contribution in [3.63, 3.8) is 0 Å². The minimum Gasteiger partial charge on any atom is -0.328 e. The third kappa shape index (κ3) is 2.92. The lowest BCUT2D eigenvalue weighted by Gasteiger charge is -2.32. The molecule has 11 heavy (non-hydrogen) atoms. The highest BCUT2D eigenvalue weighted by Crippen LogP contribution is 2.16. The van der Waals surface area contributed by atoms with Gasteiger partial charge in [0, 0.05) is 25.0 Å². The van der Waals surface area contributed by atoms with Crippen LogP contribution in [0.5, 0.6) is 0 Å². The first-order valence-corrected chi connectivity index (χ1v) is 4.21. The molecule has 2 heteroatoms. The minimum absolute atomic E-state index is 0.449. The molecule has 1 aliphatic carbocycles. The lowest BCUT2D eigenvalue weighted by atomic mass is 9.88. The van der Waals surface area contributed by atoms with E-state index in [1.165, 1.54) is 0 Å². The van der Waals surface area contributed by atoms with Gasteiger partial charge in [-0.2, -0.15) is 0 Å². The van der Waals surface area contributed by atoms with Gasteiger partial charge in [0.1, 0.15) is 0 Å². The molecule has 0 bridgehead atoms. The Morgan fingerprint density at radius 1 is 1.55 bits per heavy atom. The Morgan fingerprint density at radius 2 is 2.27 bits per heavy atom. The molecule has 0 unspecified atom stereocenters. The van der Waals surface area contributed by atoms with E-state index in [1.807, 2.05) is 6.92 Å².